The summed E-state index contributed by atoms with van der Waals surface area (Å²) in [4.78, 5) is 33.2. The van der Waals surface area contributed by atoms with Crippen molar-refractivity contribution in [3.05, 3.63) is 54.1 Å². The van der Waals surface area contributed by atoms with Crippen LogP contribution in [0.3, 0.4) is 0 Å². The summed E-state index contributed by atoms with van der Waals surface area (Å²) in [6, 6.07) is 9.94. The van der Waals surface area contributed by atoms with Crippen LogP contribution >= 0.6 is 0 Å². The Hall–Kier alpha value is -2.67. The number of aromatic nitrogens is 2. The lowest BCUT2D eigenvalue weighted by Gasteiger charge is -2.52. The summed E-state index contributed by atoms with van der Waals surface area (Å²) >= 11 is 0. The van der Waals surface area contributed by atoms with Gasteiger partial charge in [0.2, 0.25) is 5.91 Å². The van der Waals surface area contributed by atoms with Crippen molar-refractivity contribution in [2.45, 2.75) is 31.5 Å². The molecule has 2 aliphatic rings. The molecule has 0 spiro atoms. The molecular weight excluding hydrogens is 344 g/mol. The summed E-state index contributed by atoms with van der Waals surface area (Å²) in [5.74, 6) is -0.0440. The number of likely N-dealkylation sites (tertiary alicyclic amines) is 1. The molecule has 0 saturated carbocycles. The molecule has 7 nitrogen and oxygen atoms in total. The summed E-state index contributed by atoms with van der Waals surface area (Å²) in [6.45, 7) is 3.67. The number of nitrogens with zero attached hydrogens (tertiary/aromatic N) is 4. The van der Waals surface area contributed by atoms with Gasteiger partial charge in [0.15, 0.2) is 0 Å². The number of piperidine rings is 1. The zero-order chi connectivity index (χ0) is 19.0. The molecule has 2 aliphatic heterocycles. The Morgan fingerprint density at radius 1 is 1.33 bits per heavy atom. The number of imidazole rings is 1. The number of carbonyl (C=O) groups excluding carboxylic acids is 2. The Morgan fingerprint density at radius 3 is 2.81 bits per heavy atom. The maximum atomic E-state index is 12.9. The first kappa shape index (κ1) is 17.7. The number of rotatable bonds is 3. The number of hydrogen-bond donors (Lipinski definition) is 0. The Bertz CT molecular complexity index is 850. The molecule has 2 saturated heterocycles. The molecule has 1 aromatic carbocycles. The van der Waals surface area contributed by atoms with Gasteiger partial charge in [-0.05, 0) is 18.9 Å². The van der Waals surface area contributed by atoms with E-state index in [2.05, 4.69) is 4.98 Å². The van der Waals surface area contributed by atoms with E-state index in [1.54, 1.807) is 17.1 Å². The van der Waals surface area contributed by atoms with Crippen molar-refractivity contribution in [2.75, 3.05) is 19.7 Å². The lowest BCUT2D eigenvalue weighted by Crippen LogP contribution is -2.67. The SMILES string of the molecule is Cn1cncc1C(=O)N1CC[C@H]2N(Cc3ccccc3)C(=O)CO[C@]2(C)C1. The molecule has 142 valence electrons. The molecule has 0 N–H and O–H groups in total. The van der Waals surface area contributed by atoms with Gasteiger partial charge in [0.05, 0.1) is 25.1 Å². The zero-order valence-electron chi connectivity index (χ0n) is 15.7. The van der Waals surface area contributed by atoms with E-state index in [0.29, 0.717) is 31.7 Å². The van der Waals surface area contributed by atoms with Crippen molar-refractivity contribution >= 4 is 11.8 Å². The average molecular weight is 368 g/mol. The quantitative estimate of drug-likeness (QED) is 0.822. The molecule has 0 unspecified atom stereocenters. The highest BCUT2D eigenvalue weighted by molar-refractivity contribution is 5.92. The van der Waals surface area contributed by atoms with Gasteiger partial charge >= 0.3 is 0 Å². The van der Waals surface area contributed by atoms with E-state index in [9.17, 15) is 9.59 Å². The highest BCUT2D eigenvalue weighted by Crippen LogP contribution is 2.34. The normalized spacial score (nSPS) is 25.4. The molecule has 2 atom stereocenters. The number of aryl methyl sites for hydroxylation is 1. The number of hydrogen-bond acceptors (Lipinski definition) is 4. The van der Waals surface area contributed by atoms with Crippen molar-refractivity contribution < 1.29 is 14.3 Å². The first-order chi connectivity index (χ1) is 13.0. The van der Waals surface area contributed by atoms with E-state index >= 15 is 0 Å². The maximum absolute atomic E-state index is 12.9. The smallest absolute Gasteiger partial charge is 0.272 e. The molecule has 0 aliphatic carbocycles. The second-order valence-electron chi connectivity index (χ2n) is 7.53. The lowest BCUT2D eigenvalue weighted by molar-refractivity contribution is -0.186. The van der Waals surface area contributed by atoms with Gasteiger partial charge in [0.1, 0.15) is 17.9 Å². The number of amides is 2. The topological polar surface area (TPSA) is 67.7 Å². The van der Waals surface area contributed by atoms with Gasteiger partial charge in [-0.15, -0.1) is 0 Å². The van der Waals surface area contributed by atoms with Gasteiger partial charge in [-0.1, -0.05) is 30.3 Å². The second kappa shape index (κ2) is 6.81. The summed E-state index contributed by atoms with van der Waals surface area (Å²) < 4.78 is 7.70. The predicted octanol–water partition coefficient (Wildman–Crippen LogP) is 1.45. The molecule has 27 heavy (non-hydrogen) atoms. The highest BCUT2D eigenvalue weighted by atomic mass is 16.5. The number of morpholine rings is 1. The number of carbonyl (C=O) groups is 2. The molecule has 4 rings (SSSR count). The van der Waals surface area contributed by atoms with Gasteiger partial charge < -0.3 is 19.1 Å². The van der Waals surface area contributed by atoms with Gasteiger partial charge in [-0.2, -0.15) is 0 Å². The summed E-state index contributed by atoms with van der Waals surface area (Å²) in [7, 11) is 1.81. The third-order valence-electron chi connectivity index (χ3n) is 5.62. The lowest BCUT2D eigenvalue weighted by atomic mass is 9.85. The largest absolute Gasteiger partial charge is 0.361 e. The van der Waals surface area contributed by atoms with Crippen LogP contribution < -0.4 is 0 Å². The van der Waals surface area contributed by atoms with E-state index in [1.165, 1.54) is 0 Å². The first-order valence-corrected chi connectivity index (χ1v) is 9.21. The molecule has 7 heteroatoms. The van der Waals surface area contributed by atoms with Gasteiger partial charge in [-0.25, -0.2) is 4.98 Å². The van der Waals surface area contributed by atoms with E-state index in [4.69, 9.17) is 4.74 Å². The molecule has 2 amide bonds. The zero-order valence-corrected chi connectivity index (χ0v) is 15.7. The number of fused-ring (bicyclic) bond motifs is 1. The van der Waals surface area contributed by atoms with E-state index in [0.717, 1.165) is 5.56 Å². The standard InChI is InChI=1S/C20H24N4O3/c1-20-13-23(19(26)16-10-21-14-22(16)2)9-8-17(20)24(18(25)12-27-20)11-15-6-4-3-5-7-15/h3-7,10,14,17H,8-9,11-13H2,1-2H3/t17-,20-/m1/s1. The van der Waals surface area contributed by atoms with E-state index < -0.39 is 5.60 Å². The minimum atomic E-state index is -0.574. The van der Waals surface area contributed by atoms with Crippen molar-refractivity contribution in [3.8, 4) is 0 Å². The van der Waals surface area contributed by atoms with Crippen LogP contribution in [0.1, 0.15) is 29.4 Å². The van der Waals surface area contributed by atoms with Crippen molar-refractivity contribution in [2.24, 2.45) is 7.05 Å². The molecule has 2 fully saturated rings. The van der Waals surface area contributed by atoms with Crippen LogP contribution in [0, 0.1) is 0 Å². The predicted molar refractivity (Wildman–Crippen MR) is 98.9 cm³/mol. The van der Waals surface area contributed by atoms with E-state index in [-0.39, 0.29) is 24.5 Å². The third kappa shape index (κ3) is 3.23. The van der Waals surface area contributed by atoms with Crippen LogP contribution in [-0.4, -0.2) is 62.5 Å². The first-order valence-electron chi connectivity index (χ1n) is 9.21. The molecule has 3 heterocycles. The van der Waals surface area contributed by atoms with Crippen LogP contribution in [0.5, 0.6) is 0 Å². The van der Waals surface area contributed by atoms with Crippen molar-refractivity contribution in [3.63, 3.8) is 0 Å². The third-order valence-corrected chi connectivity index (χ3v) is 5.62. The van der Waals surface area contributed by atoms with Crippen LogP contribution in [0.15, 0.2) is 42.9 Å². The Kier molecular flexibility index (Phi) is 4.47. The van der Waals surface area contributed by atoms with Crippen LogP contribution in [-0.2, 0) is 23.1 Å². The summed E-state index contributed by atoms with van der Waals surface area (Å²) in [6.07, 6.45) is 3.90. The van der Waals surface area contributed by atoms with Gasteiger partial charge in [-0.3, -0.25) is 9.59 Å². The van der Waals surface area contributed by atoms with E-state index in [1.807, 2.05) is 54.1 Å². The van der Waals surface area contributed by atoms with Crippen LogP contribution in [0.4, 0.5) is 0 Å². The monoisotopic (exact) mass is 368 g/mol. The molecule has 0 bridgehead atoms. The minimum Gasteiger partial charge on any atom is -0.361 e. The molecule has 2 aromatic rings. The fraction of sp³-hybridized carbons (Fsp3) is 0.450. The Balaban J connectivity index is 1.53. The molecular formula is C20H24N4O3. The minimum absolute atomic E-state index is 0.00717. The number of ether oxygens (including phenoxy) is 1. The Morgan fingerprint density at radius 2 is 2.11 bits per heavy atom. The van der Waals surface area contributed by atoms with Crippen LogP contribution in [0.25, 0.3) is 0 Å². The number of benzene rings is 1. The molecule has 1 aromatic heterocycles. The maximum Gasteiger partial charge on any atom is 0.272 e. The second-order valence-corrected chi connectivity index (χ2v) is 7.53. The fourth-order valence-electron chi connectivity index (χ4n) is 4.13. The Labute approximate surface area is 158 Å². The van der Waals surface area contributed by atoms with Gasteiger partial charge in [0.25, 0.3) is 5.91 Å². The summed E-state index contributed by atoms with van der Waals surface area (Å²) in [5.41, 5.74) is 1.09. The highest BCUT2D eigenvalue weighted by Gasteiger charge is 2.49. The molecule has 0 radical (unpaired) electrons. The van der Waals surface area contributed by atoms with Gasteiger partial charge in [0, 0.05) is 20.1 Å². The average Bonchev–Trinajstić information content (AvgIpc) is 3.10. The van der Waals surface area contributed by atoms with Crippen molar-refractivity contribution in [1.29, 1.82) is 0 Å². The fourth-order valence-corrected chi connectivity index (χ4v) is 4.13. The van der Waals surface area contributed by atoms with Crippen molar-refractivity contribution in [1.82, 2.24) is 19.4 Å². The summed E-state index contributed by atoms with van der Waals surface area (Å²) in [5, 5.41) is 0. The van der Waals surface area contributed by atoms with Crippen LogP contribution in [0.2, 0.25) is 0 Å².